The molecule has 1 saturated heterocycles. The van der Waals surface area contributed by atoms with E-state index in [1.165, 1.54) is 0 Å². The molecule has 33 heavy (non-hydrogen) atoms. The van der Waals surface area contributed by atoms with Gasteiger partial charge in [0.25, 0.3) is 5.91 Å². The Balaban J connectivity index is 1.34. The summed E-state index contributed by atoms with van der Waals surface area (Å²) in [5.41, 5.74) is -0.0918. The van der Waals surface area contributed by atoms with Crippen molar-refractivity contribution in [3.8, 4) is 11.5 Å². The number of urea groups is 1. The number of nitrogens with one attached hydrogen (secondary N) is 2. The van der Waals surface area contributed by atoms with Gasteiger partial charge in [-0.2, -0.15) is 0 Å². The number of carbonyl (C=O) groups excluding carboxylic acids is 3. The van der Waals surface area contributed by atoms with E-state index in [1.54, 1.807) is 25.1 Å². The van der Waals surface area contributed by atoms with E-state index in [2.05, 4.69) is 10.6 Å². The standard InChI is InChI=1S/C25H23N3O5/c1-25(19-9-4-7-16-6-2-3-8-18(16)19)23(30)28(24(31)27-25)15-22(29)26-17-10-11-20-21(14-17)33-13-5-12-32-20/h2-4,6-11,14H,5,12-13,15H2,1H3,(H,26,29)(H,27,31)/t25-/m0/s1. The van der Waals surface area contributed by atoms with Gasteiger partial charge >= 0.3 is 6.03 Å². The first kappa shape index (κ1) is 20.8. The molecule has 2 aliphatic rings. The number of hydrogen-bond acceptors (Lipinski definition) is 5. The number of carbonyl (C=O) groups is 3. The lowest BCUT2D eigenvalue weighted by Crippen LogP contribution is -2.42. The zero-order valence-corrected chi connectivity index (χ0v) is 18.1. The minimum absolute atomic E-state index is 0.403. The fourth-order valence-corrected chi connectivity index (χ4v) is 4.27. The fourth-order valence-electron chi connectivity index (χ4n) is 4.27. The molecule has 2 N–H and O–H groups in total. The Morgan fingerprint density at radius 2 is 1.79 bits per heavy atom. The Labute approximate surface area is 190 Å². The molecular weight excluding hydrogens is 422 g/mol. The van der Waals surface area contributed by atoms with Gasteiger partial charge in [0.1, 0.15) is 12.1 Å². The van der Waals surface area contributed by atoms with E-state index in [4.69, 9.17) is 9.47 Å². The first-order chi connectivity index (χ1) is 16.0. The van der Waals surface area contributed by atoms with E-state index in [1.807, 2.05) is 42.5 Å². The van der Waals surface area contributed by atoms with Gasteiger partial charge in [0.05, 0.1) is 13.2 Å². The third-order valence-corrected chi connectivity index (χ3v) is 5.94. The quantitative estimate of drug-likeness (QED) is 0.600. The van der Waals surface area contributed by atoms with E-state index in [-0.39, 0.29) is 0 Å². The Morgan fingerprint density at radius 1 is 1.03 bits per heavy atom. The minimum atomic E-state index is -1.27. The summed E-state index contributed by atoms with van der Waals surface area (Å²) in [5.74, 6) is 0.196. The van der Waals surface area contributed by atoms with Gasteiger partial charge in [0.2, 0.25) is 5.91 Å². The van der Waals surface area contributed by atoms with Crippen molar-refractivity contribution < 1.29 is 23.9 Å². The molecule has 8 heteroatoms. The van der Waals surface area contributed by atoms with Crippen molar-refractivity contribution in [3.63, 3.8) is 0 Å². The number of fused-ring (bicyclic) bond motifs is 2. The highest BCUT2D eigenvalue weighted by Gasteiger charge is 2.50. The summed E-state index contributed by atoms with van der Waals surface area (Å²) in [6, 6.07) is 17.8. The molecule has 0 radical (unpaired) electrons. The van der Waals surface area contributed by atoms with Gasteiger partial charge in [0.15, 0.2) is 11.5 Å². The van der Waals surface area contributed by atoms with Crippen LogP contribution in [-0.2, 0) is 15.1 Å². The molecule has 2 heterocycles. The molecule has 0 bridgehead atoms. The Kier molecular flexibility index (Phi) is 5.12. The van der Waals surface area contributed by atoms with Crippen molar-refractivity contribution in [3.05, 3.63) is 66.2 Å². The summed E-state index contributed by atoms with van der Waals surface area (Å²) >= 11 is 0. The second-order valence-corrected chi connectivity index (χ2v) is 8.23. The molecule has 0 spiro atoms. The van der Waals surface area contributed by atoms with Crippen molar-refractivity contribution in [2.75, 3.05) is 25.1 Å². The maximum Gasteiger partial charge on any atom is 0.325 e. The van der Waals surface area contributed by atoms with Crippen LogP contribution in [-0.4, -0.2) is 42.5 Å². The summed E-state index contributed by atoms with van der Waals surface area (Å²) in [5, 5.41) is 7.34. The number of rotatable bonds is 4. The van der Waals surface area contributed by atoms with Gasteiger partial charge in [0, 0.05) is 18.2 Å². The molecule has 8 nitrogen and oxygen atoms in total. The molecule has 4 amide bonds. The van der Waals surface area contributed by atoms with E-state index >= 15 is 0 Å². The zero-order chi connectivity index (χ0) is 23.0. The largest absolute Gasteiger partial charge is 0.490 e. The SMILES string of the molecule is C[C@@]1(c2cccc3ccccc23)NC(=O)N(CC(=O)Nc2ccc3c(c2)OCCCO3)C1=O. The van der Waals surface area contributed by atoms with Crippen molar-refractivity contribution >= 4 is 34.3 Å². The van der Waals surface area contributed by atoms with Gasteiger partial charge in [-0.3, -0.25) is 14.5 Å². The second-order valence-electron chi connectivity index (χ2n) is 8.23. The van der Waals surface area contributed by atoms with Crippen LogP contribution in [0, 0.1) is 0 Å². The Morgan fingerprint density at radius 3 is 2.64 bits per heavy atom. The van der Waals surface area contributed by atoms with Gasteiger partial charge < -0.3 is 20.1 Å². The fraction of sp³-hybridized carbons (Fsp3) is 0.240. The van der Waals surface area contributed by atoms with Crippen LogP contribution >= 0.6 is 0 Å². The molecule has 0 unspecified atom stereocenters. The van der Waals surface area contributed by atoms with Gasteiger partial charge in [-0.1, -0.05) is 42.5 Å². The summed E-state index contributed by atoms with van der Waals surface area (Å²) in [4.78, 5) is 39.7. The van der Waals surface area contributed by atoms with Crippen LogP contribution in [0.5, 0.6) is 11.5 Å². The molecule has 5 rings (SSSR count). The summed E-state index contributed by atoms with van der Waals surface area (Å²) in [7, 11) is 0. The van der Waals surface area contributed by atoms with E-state index in [9.17, 15) is 14.4 Å². The summed E-state index contributed by atoms with van der Waals surface area (Å²) in [6.07, 6.45) is 0.776. The first-order valence-corrected chi connectivity index (χ1v) is 10.8. The molecule has 168 valence electrons. The number of nitrogens with zero attached hydrogens (tertiary/aromatic N) is 1. The Bertz CT molecular complexity index is 1270. The van der Waals surface area contributed by atoms with Crippen molar-refractivity contribution in [2.24, 2.45) is 0 Å². The van der Waals surface area contributed by atoms with E-state index in [0.717, 1.165) is 22.1 Å². The van der Waals surface area contributed by atoms with Crippen molar-refractivity contribution in [1.29, 1.82) is 0 Å². The topological polar surface area (TPSA) is 97.0 Å². The first-order valence-electron chi connectivity index (χ1n) is 10.8. The number of imide groups is 1. The lowest BCUT2D eigenvalue weighted by atomic mass is 9.88. The predicted octanol–water partition coefficient (Wildman–Crippen LogP) is 3.41. The summed E-state index contributed by atoms with van der Waals surface area (Å²) in [6.45, 7) is 2.36. The van der Waals surface area contributed by atoms with Crippen LogP contribution in [0.25, 0.3) is 10.8 Å². The second kappa shape index (κ2) is 8.12. The molecule has 1 fully saturated rings. The molecule has 1 atom stereocenters. The molecule has 2 aliphatic heterocycles. The van der Waals surface area contributed by atoms with Gasteiger partial charge in [-0.05, 0) is 35.4 Å². The van der Waals surface area contributed by atoms with E-state index < -0.39 is 29.9 Å². The number of ether oxygens (including phenoxy) is 2. The third kappa shape index (κ3) is 3.73. The maximum atomic E-state index is 13.3. The highest BCUT2D eigenvalue weighted by molar-refractivity contribution is 6.11. The van der Waals surface area contributed by atoms with Crippen LogP contribution in [0.3, 0.4) is 0 Å². The monoisotopic (exact) mass is 445 g/mol. The third-order valence-electron chi connectivity index (χ3n) is 5.94. The van der Waals surface area contributed by atoms with Crippen molar-refractivity contribution in [1.82, 2.24) is 10.2 Å². The highest BCUT2D eigenvalue weighted by atomic mass is 16.5. The molecule has 0 saturated carbocycles. The number of benzene rings is 3. The maximum absolute atomic E-state index is 13.3. The van der Waals surface area contributed by atoms with Gasteiger partial charge in [-0.25, -0.2) is 4.79 Å². The van der Waals surface area contributed by atoms with Crippen LogP contribution in [0.15, 0.2) is 60.7 Å². The normalized spacial score (nSPS) is 19.8. The zero-order valence-electron chi connectivity index (χ0n) is 18.1. The average Bonchev–Trinajstić information content (AvgIpc) is 2.97. The number of hydrogen-bond donors (Lipinski definition) is 2. The Hall–Kier alpha value is -4.07. The molecule has 3 aromatic rings. The number of amides is 4. The smallest absolute Gasteiger partial charge is 0.325 e. The molecular formula is C25H23N3O5. The molecule has 0 aromatic heterocycles. The molecule has 3 aromatic carbocycles. The van der Waals surface area contributed by atoms with E-state index in [0.29, 0.717) is 36.0 Å². The molecule has 0 aliphatic carbocycles. The van der Waals surface area contributed by atoms with Gasteiger partial charge in [-0.15, -0.1) is 0 Å². The average molecular weight is 445 g/mol. The lowest BCUT2D eigenvalue weighted by molar-refractivity contribution is -0.133. The summed E-state index contributed by atoms with van der Waals surface area (Å²) < 4.78 is 11.2. The minimum Gasteiger partial charge on any atom is -0.490 e. The van der Waals surface area contributed by atoms with Crippen LogP contribution in [0.1, 0.15) is 18.9 Å². The van der Waals surface area contributed by atoms with Crippen LogP contribution < -0.4 is 20.1 Å². The lowest BCUT2D eigenvalue weighted by Gasteiger charge is -2.24. The number of anilines is 1. The van der Waals surface area contributed by atoms with Crippen molar-refractivity contribution in [2.45, 2.75) is 18.9 Å². The predicted molar refractivity (Wildman–Crippen MR) is 122 cm³/mol. The van der Waals surface area contributed by atoms with Crippen LogP contribution in [0.4, 0.5) is 10.5 Å². The van der Waals surface area contributed by atoms with Crippen LogP contribution in [0.2, 0.25) is 0 Å². The highest BCUT2D eigenvalue weighted by Crippen LogP contribution is 2.34.